The number of ether oxygens (including phenoxy) is 1. The van der Waals surface area contributed by atoms with E-state index in [1.807, 2.05) is 0 Å². The van der Waals surface area contributed by atoms with E-state index >= 15 is 0 Å². The lowest BCUT2D eigenvalue weighted by Crippen LogP contribution is -2.28. The van der Waals surface area contributed by atoms with Gasteiger partial charge in [-0.1, -0.05) is 0 Å². The molecule has 0 aromatic heterocycles. The molecule has 0 atom stereocenters. The monoisotopic (exact) mass is 396 g/mol. The van der Waals surface area contributed by atoms with Gasteiger partial charge in [-0.2, -0.15) is 4.31 Å². The minimum absolute atomic E-state index is 0.0540. The Bertz CT molecular complexity index is 973. The molecule has 9 heteroatoms. The molecule has 0 unspecified atom stereocenters. The third-order valence-electron chi connectivity index (χ3n) is 4.29. The fourth-order valence-electron chi connectivity index (χ4n) is 2.86. The van der Waals surface area contributed by atoms with Crippen LogP contribution in [0.5, 0.6) is 5.75 Å². The fraction of sp³-hybridized carbons (Fsp3) is 0.278. The van der Waals surface area contributed by atoms with Crippen molar-refractivity contribution in [2.24, 2.45) is 0 Å². The number of hydrogen-bond donors (Lipinski definition) is 1. The zero-order chi connectivity index (χ0) is 19.6. The van der Waals surface area contributed by atoms with E-state index in [4.69, 9.17) is 4.74 Å². The molecule has 1 aliphatic rings. The number of nitrogens with zero attached hydrogens (tertiary/aromatic N) is 1. The van der Waals surface area contributed by atoms with Gasteiger partial charge in [0.1, 0.15) is 10.6 Å². The first-order chi connectivity index (χ1) is 12.8. The van der Waals surface area contributed by atoms with Crippen LogP contribution in [0.25, 0.3) is 0 Å². The smallest absolute Gasteiger partial charge is 0.255 e. The molecule has 0 spiro atoms. The topological polar surface area (TPSA) is 75.7 Å². The van der Waals surface area contributed by atoms with Crippen molar-refractivity contribution in [3.63, 3.8) is 0 Å². The Morgan fingerprint density at radius 1 is 1.07 bits per heavy atom. The lowest BCUT2D eigenvalue weighted by molar-refractivity contribution is 0.102. The minimum atomic E-state index is -3.80. The Balaban J connectivity index is 1.92. The van der Waals surface area contributed by atoms with Crippen LogP contribution in [0.4, 0.5) is 14.5 Å². The first-order valence-electron chi connectivity index (χ1n) is 8.27. The van der Waals surface area contributed by atoms with Crippen molar-refractivity contribution in [3.8, 4) is 5.75 Å². The molecule has 0 aliphatic carbocycles. The van der Waals surface area contributed by atoms with Crippen LogP contribution < -0.4 is 10.1 Å². The van der Waals surface area contributed by atoms with E-state index in [1.165, 1.54) is 35.7 Å². The first-order valence-corrected chi connectivity index (χ1v) is 9.71. The van der Waals surface area contributed by atoms with Gasteiger partial charge in [-0.3, -0.25) is 4.79 Å². The van der Waals surface area contributed by atoms with Crippen molar-refractivity contribution in [2.75, 3.05) is 25.5 Å². The second-order valence-corrected chi connectivity index (χ2v) is 7.97. The molecule has 0 radical (unpaired) electrons. The number of amides is 1. The number of anilines is 1. The Morgan fingerprint density at radius 3 is 2.41 bits per heavy atom. The Labute approximate surface area is 155 Å². The van der Waals surface area contributed by atoms with Crippen LogP contribution >= 0.6 is 0 Å². The van der Waals surface area contributed by atoms with Gasteiger partial charge in [0.15, 0.2) is 11.6 Å². The molecule has 1 amide bonds. The number of benzene rings is 2. The van der Waals surface area contributed by atoms with E-state index < -0.39 is 27.6 Å². The van der Waals surface area contributed by atoms with Crippen LogP contribution in [0.1, 0.15) is 23.2 Å². The van der Waals surface area contributed by atoms with Crippen molar-refractivity contribution in [1.29, 1.82) is 0 Å². The summed E-state index contributed by atoms with van der Waals surface area (Å²) < 4.78 is 58.5. The van der Waals surface area contributed by atoms with Crippen LogP contribution in [-0.4, -0.2) is 38.8 Å². The third-order valence-corrected chi connectivity index (χ3v) is 6.21. The number of carbonyl (C=O) groups is 1. The van der Waals surface area contributed by atoms with Crippen LogP contribution in [0, 0.1) is 11.6 Å². The lowest BCUT2D eigenvalue weighted by Gasteiger charge is -2.18. The fourth-order valence-corrected chi connectivity index (χ4v) is 4.56. The third kappa shape index (κ3) is 3.93. The number of methoxy groups -OCH3 is 1. The molecule has 2 aromatic carbocycles. The van der Waals surface area contributed by atoms with Gasteiger partial charge in [-0.25, -0.2) is 17.2 Å². The number of carbonyl (C=O) groups excluding carboxylic acids is 1. The van der Waals surface area contributed by atoms with Crippen LogP contribution in [0.3, 0.4) is 0 Å². The molecular weight excluding hydrogens is 378 g/mol. The molecular formula is C18H18F2N2O4S. The molecule has 0 bridgehead atoms. The van der Waals surface area contributed by atoms with E-state index in [2.05, 4.69) is 5.32 Å². The number of rotatable bonds is 5. The normalized spacial score (nSPS) is 14.9. The summed E-state index contributed by atoms with van der Waals surface area (Å²) in [5.41, 5.74) is 0.108. The molecule has 3 rings (SSSR count). The van der Waals surface area contributed by atoms with E-state index in [0.717, 1.165) is 25.0 Å². The molecule has 144 valence electrons. The van der Waals surface area contributed by atoms with Crippen LogP contribution in [-0.2, 0) is 10.0 Å². The number of halogens is 2. The highest BCUT2D eigenvalue weighted by molar-refractivity contribution is 7.89. The second kappa shape index (κ2) is 7.61. The summed E-state index contributed by atoms with van der Waals surface area (Å²) >= 11 is 0. The number of hydrogen-bond acceptors (Lipinski definition) is 4. The quantitative estimate of drug-likeness (QED) is 0.843. The second-order valence-electron chi connectivity index (χ2n) is 6.06. The van der Waals surface area contributed by atoms with Crippen molar-refractivity contribution >= 4 is 21.6 Å². The van der Waals surface area contributed by atoms with Crippen molar-refractivity contribution in [1.82, 2.24) is 4.31 Å². The molecule has 2 aromatic rings. The summed E-state index contributed by atoms with van der Waals surface area (Å²) in [5, 5.41) is 2.42. The van der Waals surface area contributed by atoms with Crippen molar-refractivity contribution in [3.05, 3.63) is 53.6 Å². The van der Waals surface area contributed by atoms with Crippen LogP contribution in [0.2, 0.25) is 0 Å². The highest BCUT2D eigenvalue weighted by Crippen LogP contribution is 2.30. The molecule has 0 saturated carbocycles. The van der Waals surface area contributed by atoms with E-state index in [1.54, 1.807) is 0 Å². The summed E-state index contributed by atoms with van der Waals surface area (Å²) in [6.45, 7) is 0.827. The predicted octanol–water partition coefficient (Wildman–Crippen LogP) is 3.01. The standard InChI is InChI=1S/C18H18F2N2O4S/c1-26-16-7-4-12(10-17(16)27(24,25)22-8-2-3-9-22)18(23)21-13-5-6-14(19)15(20)11-13/h4-7,10-11H,2-3,8-9H2,1H3,(H,21,23). The predicted molar refractivity (Wildman–Crippen MR) is 95.3 cm³/mol. The summed E-state index contributed by atoms with van der Waals surface area (Å²) in [6, 6.07) is 6.96. The van der Waals surface area contributed by atoms with Gasteiger partial charge < -0.3 is 10.1 Å². The minimum Gasteiger partial charge on any atom is -0.495 e. The van der Waals surface area contributed by atoms with Crippen molar-refractivity contribution < 1.29 is 26.7 Å². The average molecular weight is 396 g/mol. The van der Waals surface area contributed by atoms with E-state index in [9.17, 15) is 22.0 Å². The van der Waals surface area contributed by atoms with E-state index in [-0.39, 0.29) is 21.9 Å². The Kier molecular flexibility index (Phi) is 5.43. The maximum absolute atomic E-state index is 13.3. The zero-order valence-electron chi connectivity index (χ0n) is 14.5. The summed E-state index contributed by atoms with van der Waals surface area (Å²) in [6.07, 6.45) is 1.55. The molecule has 1 heterocycles. The van der Waals surface area contributed by atoms with Gasteiger partial charge in [-0.05, 0) is 43.2 Å². The van der Waals surface area contributed by atoms with Crippen molar-refractivity contribution in [2.45, 2.75) is 17.7 Å². The van der Waals surface area contributed by atoms with Crippen LogP contribution in [0.15, 0.2) is 41.3 Å². The lowest BCUT2D eigenvalue weighted by atomic mass is 10.2. The van der Waals surface area contributed by atoms with Gasteiger partial charge in [0, 0.05) is 30.4 Å². The summed E-state index contributed by atoms with van der Waals surface area (Å²) in [5.74, 6) is -2.65. The maximum Gasteiger partial charge on any atom is 0.255 e. The van der Waals surface area contributed by atoms with Gasteiger partial charge in [0.05, 0.1) is 7.11 Å². The van der Waals surface area contributed by atoms with Gasteiger partial charge in [0.25, 0.3) is 5.91 Å². The molecule has 1 fully saturated rings. The largest absolute Gasteiger partial charge is 0.495 e. The zero-order valence-corrected chi connectivity index (χ0v) is 15.4. The molecule has 1 saturated heterocycles. The average Bonchev–Trinajstić information content (AvgIpc) is 3.20. The SMILES string of the molecule is COc1ccc(C(=O)Nc2ccc(F)c(F)c2)cc1S(=O)(=O)N1CCCC1. The maximum atomic E-state index is 13.3. The molecule has 27 heavy (non-hydrogen) atoms. The van der Waals surface area contributed by atoms with E-state index in [0.29, 0.717) is 13.1 Å². The summed E-state index contributed by atoms with van der Waals surface area (Å²) in [7, 11) is -2.46. The highest BCUT2D eigenvalue weighted by Gasteiger charge is 2.30. The number of nitrogens with one attached hydrogen (secondary N) is 1. The number of sulfonamides is 1. The van der Waals surface area contributed by atoms with Gasteiger partial charge in [0.2, 0.25) is 10.0 Å². The Morgan fingerprint density at radius 2 is 1.78 bits per heavy atom. The highest BCUT2D eigenvalue weighted by atomic mass is 32.2. The van der Waals surface area contributed by atoms with Gasteiger partial charge in [-0.15, -0.1) is 0 Å². The summed E-state index contributed by atoms with van der Waals surface area (Å²) in [4.78, 5) is 12.3. The Hall–Kier alpha value is -2.52. The molecule has 1 aliphatic heterocycles. The first kappa shape index (κ1) is 19.2. The molecule has 6 nitrogen and oxygen atoms in total. The van der Waals surface area contributed by atoms with Gasteiger partial charge >= 0.3 is 0 Å². The molecule has 1 N–H and O–H groups in total.